The quantitative estimate of drug-likeness (QED) is 0.384. The molecule has 0 unspecified atom stereocenters. The molecule has 7 heteroatoms. The molecule has 0 fully saturated rings. The second-order valence-corrected chi connectivity index (χ2v) is 4.80. The van der Waals surface area contributed by atoms with E-state index in [2.05, 4.69) is 21.1 Å². The first-order valence-corrected chi connectivity index (χ1v) is 6.37. The summed E-state index contributed by atoms with van der Waals surface area (Å²) in [5, 5.41) is 11.9. The SMILES string of the molecule is CCN(C/C(N)=N/O)C(=O)c1ccc(Cl)c(Br)c1. The van der Waals surface area contributed by atoms with Crippen LogP contribution in [0.5, 0.6) is 0 Å². The minimum Gasteiger partial charge on any atom is -0.409 e. The van der Waals surface area contributed by atoms with Crippen molar-refractivity contribution < 1.29 is 10.0 Å². The van der Waals surface area contributed by atoms with E-state index in [-0.39, 0.29) is 18.3 Å². The van der Waals surface area contributed by atoms with Crippen LogP contribution in [0.15, 0.2) is 27.8 Å². The molecule has 0 atom stereocenters. The normalized spacial score (nSPS) is 11.4. The third kappa shape index (κ3) is 3.61. The zero-order valence-electron chi connectivity index (χ0n) is 9.73. The van der Waals surface area contributed by atoms with Crippen molar-refractivity contribution in [3.05, 3.63) is 33.3 Å². The van der Waals surface area contributed by atoms with Crippen LogP contribution in [0, 0.1) is 0 Å². The third-order valence-electron chi connectivity index (χ3n) is 2.32. The average molecular weight is 335 g/mol. The van der Waals surface area contributed by atoms with Crippen LogP contribution in [0.1, 0.15) is 17.3 Å². The molecule has 1 rings (SSSR count). The van der Waals surface area contributed by atoms with Crippen LogP contribution in [0.4, 0.5) is 0 Å². The zero-order chi connectivity index (χ0) is 13.7. The van der Waals surface area contributed by atoms with E-state index in [4.69, 9.17) is 22.5 Å². The van der Waals surface area contributed by atoms with Gasteiger partial charge in [-0.3, -0.25) is 4.79 Å². The molecule has 5 nitrogen and oxygen atoms in total. The monoisotopic (exact) mass is 333 g/mol. The Kier molecular flexibility index (Phi) is 5.43. The molecule has 0 saturated carbocycles. The summed E-state index contributed by atoms with van der Waals surface area (Å²) < 4.78 is 0.648. The lowest BCUT2D eigenvalue weighted by atomic mass is 10.2. The van der Waals surface area contributed by atoms with Gasteiger partial charge in [-0.05, 0) is 41.1 Å². The topological polar surface area (TPSA) is 78.9 Å². The first-order valence-electron chi connectivity index (χ1n) is 5.20. The van der Waals surface area contributed by atoms with Crippen LogP contribution in [0.3, 0.4) is 0 Å². The zero-order valence-corrected chi connectivity index (χ0v) is 12.1. The van der Waals surface area contributed by atoms with Crippen LogP contribution < -0.4 is 5.73 Å². The molecule has 18 heavy (non-hydrogen) atoms. The maximum atomic E-state index is 12.2. The van der Waals surface area contributed by atoms with Gasteiger partial charge >= 0.3 is 0 Å². The molecule has 0 aliphatic rings. The summed E-state index contributed by atoms with van der Waals surface area (Å²) in [4.78, 5) is 13.6. The lowest BCUT2D eigenvalue weighted by Crippen LogP contribution is -2.38. The Morgan fingerprint density at radius 2 is 2.28 bits per heavy atom. The molecular weight excluding hydrogens is 321 g/mol. The van der Waals surface area contributed by atoms with Gasteiger partial charge in [0.2, 0.25) is 0 Å². The molecule has 98 valence electrons. The molecule has 0 bridgehead atoms. The van der Waals surface area contributed by atoms with Gasteiger partial charge < -0.3 is 15.8 Å². The Labute approximate surface area is 118 Å². The molecular formula is C11H13BrClN3O2. The molecule has 0 aliphatic carbocycles. The number of benzene rings is 1. The molecule has 1 amide bonds. The molecule has 0 spiro atoms. The number of carbonyl (C=O) groups is 1. The van der Waals surface area contributed by atoms with Crippen LogP contribution >= 0.6 is 27.5 Å². The number of hydrogen-bond donors (Lipinski definition) is 2. The fourth-order valence-electron chi connectivity index (χ4n) is 1.37. The number of likely N-dealkylation sites (N-methyl/N-ethyl adjacent to an activating group) is 1. The van der Waals surface area contributed by atoms with Gasteiger partial charge in [-0.2, -0.15) is 0 Å². The number of amides is 1. The lowest BCUT2D eigenvalue weighted by Gasteiger charge is -2.20. The number of rotatable bonds is 4. The van der Waals surface area contributed by atoms with E-state index in [0.29, 0.717) is 21.6 Å². The van der Waals surface area contributed by atoms with Gasteiger partial charge in [-0.1, -0.05) is 16.8 Å². The fourth-order valence-corrected chi connectivity index (χ4v) is 1.86. The van der Waals surface area contributed by atoms with Gasteiger partial charge in [0.1, 0.15) is 0 Å². The van der Waals surface area contributed by atoms with Crippen molar-refractivity contribution in [2.24, 2.45) is 10.9 Å². The summed E-state index contributed by atoms with van der Waals surface area (Å²) in [5.41, 5.74) is 5.88. The van der Waals surface area contributed by atoms with Gasteiger partial charge in [0, 0.05) is 16.6 Å². The van der Waals surface area contributed by atoms with Gasteiger partial charge in [0.25, 0.3) is 5.91 Å². The molecule has 0 radical (unpaired) electrons. The highest BCUT2D eigenvalue weighted by Gasteiger charge is 2.16. The van der Waals surface area contributed by atoms with E-state index in [1.807, 2.05) is 6.92 Å². The van der Waals surface area contributed by atoms with Crippen molar-refractivity contribution in [2.75, 3.05) is 13.1 Å². The van der Waals surface area contributed by atoms with Gasteiger partial charge in [-0.15, -0.1) is 0 Å². The molecule has 0 aromatic heterocycles. The van der Waals surface area contributed by atoms with Gasteiger partial charge in [0.15, 0.2) is 5.84 Å². The van der Waals surface area contributed by atoms with Crippen molar-refractivity contribution in [1.82, 2.24) is 4.90 Å². The fraction of sp³-hybridized carbons (Fsp3) is 0.273. The highest BCUT2D eigenvalue weighted by Crippen LogP contribution is 2.23. The summed E-state index contributed by atoms with van der Waals surface area (Å²) in [6.45, 7) is 2.34. The second kappa shape index (κ2) is 6.61. The molecule has 0 heterocycles. The van der Waals surface area contributed by atoms with Crippen LogP contribution in [-0.2, 0) is 0 Å². The van der Waals surface area contributed by atoms with Crippen molar-refractivity contribution in [2.45, 2.75) is 6.92 Å². The minimum absolute atomic E-state index is 0.0155. The second-order valence-electron chi connectivity index (χ2n) is 3.54. The number of nitrogens with zero attached hydrogens (tertiary/aromatic N) is 2. The Morgan fingerprint density at radius 1 is 1.61 bits per heavy atom. The Bertz CT molecular complexity index is 479. The molecule has 1 aromatic rings. The van der Waals surface area contributed by atoms with E-state index in [0.717, 1.165) is 0 Å². The summed E-state index contributed by atoms with van der Waals surface area (Å²) in [7, 11) is 0. The van der Waals surface area contributed by atoms with E-state index < -0.39 is 0 Å². The maximum Gasteiger partial charge on any atom is 0.254 e. The van der Waals surface area contributed by atoms with Crippen LogP contribution in [-0.4, -0.2) is 34.9 Å². The van der Waals surface area contributed by atoms with E-state index >= 15 is 0 Å². The number of nitrogens with two attached hydrogens (primary N) is 1. The summed E-state index contributed by atoms with van der Waals surface area (Å²) in [6, 6.07) is 4.90. The Balaban J connectivity index is 2.93. The van der Waals surface area contributed by atoms with E-state index in [9.17, 15) is 4.79 Å². The third-order valence-corrected chi connectivity index (χ3v) is 3.53. The molecule has 0 saturated heterocycles. The Morgan fingerprint density at radius 3 is 2.78 bits per heavy atom. The molecule has 3 N–H and O–H groups in total. The predicted molar refractivity (Wildman–Crippen MR) is 74.1 cm³/mol. The standard InChI is InChI=1S/C11H13BrClN3O2/c1-2-16(6-10(14)15-18)11(17)7-3-4-9(13)8(12)5-7/h3-5,18H,2,6H2,1H3,(H2,14,15). The number of carbonyl (C=O) groups excluding carboxylic acids is 1. The largest absolute Gasteiger partial charge is 0.409 e. The van der Waals surface area contributed by atoms with Crippen LogP contribution in [0.25, 0.3) is 0 Å². The number of oxime groups is 1. The maximum absolute atomic E-state index is 12.2. The highest BCUT2D eigenvalue weighted by molar-refractivity contribution is 9.10. The van der Waals surface area contributed by atoms with E-state index in [1.165, 1.54) is 4.90 Å². The summed E-state index contributed by atoms with van der Waals surface area (Å²) in [5.74, 6) is -0.223. The number of hydrogen-bond acceptors (Lipinski definition) is 3. The average Bonchev–Trinajstić information content (AvgIpc) is 2.38. The van der Waals surface area contributed by atoms with Gasteiger partial charge in [-0.25, -0.2) is 0 Å². The molecule has 1 aromatic carbocycles. The van der Waals surface area contributed by atoms with Crippen molar-refractivity contribution in [3.8, 4) is 0 Å². The Hall–Kier alpha value is -1.27. The number of amidine groups is 1. The van der Waals surface area contributed by atoms with Crippen molar-refractivity contribution in [3.63, 3.8) is 0 Å². The van der Waals surface area contributed by atoms with E-state index in [1.54, 1.807) is 18.2 Å². The molecule has 0 aliphatic heterocycles. The first-order chi connectivity index (χ1) is 8.49. The summed E-state index contributed by atoms with van der Waals surface area (Å²) >= 11 is 9.12. The van der Waals surface area contributed by atoms with Crippen molar-refractivity contribution >= 4 is 39.3 Å². The predicted octanol–water partition coefficient (Wildman–Crippen LogP) is 2.31. The smallest absolute Gasteiger partial charge is 0.254 e. The van der Waals surface area contributed by atoms with Gasteiger partial charge in [0.05, 0.1) is 11.6 Å². The highest BCUT2D eigenvalue weighted by atomic mass is 79.9. The van der Waals surface area contributed by atoms with Crippen LogP contribution in [0.2, 0.25) is 5.02 Å². The number of halogens is 2. The first kappa shape index (κ1) is 14.8. The summed E-state index contributed by atoms with van der Waals surface area (Å²) in [6.07, 6.45) is 0. The minimum atomic E-state index is -0.207. The van der Waals surface area contributed by atoms with Crippen molar-refractivity contribution in [1.29, 1.82) is 0 Å². The lowest BCUT2D eigenvalue weighted by molar-refractivity contribution is 0.0786.